The Morgan fingerprint density at radius 3 is 2.56 bits per heavy atom. The van der Waals surface area contributed by atoms with Crippen molar-refractivity contribution in [2.45, 2.75) is 5.75 Å². The Hall–Kier alpha value is -1.33. The normalized spacial score (nSPS) is 12.4. The second-order valence-electron chi connectivity index (χ2n) is 3.92. The van der Waals surface area contributed by atoms with E-state index in [0.717, 1.165) is 16.6 Å². The number of rotatable bonds is 3. The average Bonchev–Trinajstić information content (AvgIpc) is 2.58. The molecule has 16 heavy (non-hydrogen) atoms. The van der Waals surface area contributed by atoms with Gasteiger partial charge in [-0.15, -0.1) is 0 Å². The lowest BCUT2D eigenvalue weighted by atomic mass is 10.2. The van der Waals surface area contributed by atoms with Crippen molar-refractivity contribution in [2.75, 3.05) is 14.1 Å². The van der Waals surface area contributed by atoms with Crippen molar-refractivity contribution in [1.29, 1.82) is 0 Å². The summed E-state index contributed by atoms with van der Waals surface area (Å²) in [6, 6.07) is 9.61. The first-order valence-electron chi connectivity index (χ1n) is 4.96. The maximum absolute atomic E-state index is 11.7. The van der Waals surface area contributed by atoms with Gasteiger partial charge in [0.15, 0.2) is 0 Å². The fraction of sp³-hybridized carbons (Fsp3) is 0.273. The molecule has 0 aliphatic heterocycles. The van der Waals surface area contributed by atoms with Crippen molar-refractivity contribution in [3.8, 4) is 0 Å². The predicted molar refractivity (Wildman–Crippen MR) is 64.6 cm³/mol. The number of hydrogen-bond donors (Lipinski definition) is 1. The summed E-state index contributed by atoms with van der Waals surface area (Å²) in [5.41, 5.74) is 1.68. The molecule has 0 spiro atoms. The highest BCUT2D eigenvalue weighted by Crippen LogP contribution is 2.16. The Morgan fingerprint density at radius 1 is 1.25 bits per heavy atom. The molecule has 86 valence electrons. The van der Waals surface area contributed by atoms with Crippen LogP contribution in [0, 0.1) is 0 Å². The first-order valence-corrected chi connectivity index (χ1v) is 6.57. The fourth-order valence-corrected chi connectivity index (χ4v) is 2.34. The zero-order valence-electron chi connectivity index (χ0n) is 9.27. The van der Waals surface area contributed by atoms with Gasteiger partial charge >= 0.3 is 0 Å². The third-order valence-corrected chi connectivity index (χ3v) is 4.27. The van der Waals surface area contributed by atoms with Gasteiger partial charge in [0.25, 0.3) is 0 Å². The number of aromatic amines is 1. The fourth-order valence-electron chi connectivity index (χ4n) is 1.54. The monoisotopic (exact) mass is 238 g/mol. The largest absolute Gasteiger partial charge is 0.358 e. The van der Waals surface area contributed by atoms with Crippen LogP contribution in [0.4, 0.5) is 0 Å². The molecule has 1 aromatic carbocycles. The molecule has 1 aromatic heterocycles. The summed E-state index contributed by atoms with van der Waals surface area (Å²) in [6.07, 6.45) is 0. The molecular formula is C11H14N2O2S. The third kappa shape index (κ3) is 2.10. The highest BCUT2D eigenvalue weighted by atomic mass is 32.2. The number of para-hydroxylation sites is 1. The summed E-state index contributed by atoms with van der Waals surface area (Å²) in [6.45, 7) is 0. The van der Waals surface area contributed by atoms with Crippen LogP contribution in [0.2, 0.25) is 0 Å². The SMILES string of the molecule is CN(C)S(=O)(=O)Cc1cc2ccccc2[nH]1. The minimum atomic E-state index is -3.20. The Balaban J connectivity index is 2.36. The van der Waals surface area contributed by atoms with E-state index in [0.29, 0.717) is 0 Å². The summed E-state index contributed by atoms with van der Waals surface area (Å²) in [5, 5.41) is 1.03. The van der Waals surface area contributed by atoms with E-state index in [1.54, 1.807) is 0 Å². The lowest BCUT2D eigenvalue weighted by Gasteiger charge is -2.09. The van der Waals surface area contributed by atoms with Crippen LogP contribution in [0.5, 0.6) is 0 Å². The van der Waals surface area contributed by atoms with Gasteiger partial charge in [-0.05, 0) is 17.5 Å². The maximum Gasteiger partial charge on any atom is 0.219 e. The molecule has 2 rings (SSSR count). The standard InChI is InChI=1S/C11H14N2O2S/c1-13(2)16(14,15)8-10-7-9-5-3-4-6-11(9)12-10/h3-7,12H,8H2,1-2H3. The molecule has 0 bridgehead atoms. The van der Waals surface area contributed by atoms with Gasteiger partial charge in [0, 0.05) is 25.3 Å². The van der Waals surface area contributed by atoms with Gasteiger partial charge < -0.3 is 4.98 Å². The highest BCUT2D eigenvalue weighted by Gasteiger charge is 2.15. The van der Waals surface area contributed by atoms with Crippen LogP contribution in [0.25, 0.3) is 10.9 Å². The average molecular weight is 238 g/mol. The molecule has 4 nitrogen and oxygen atoms in total. The molecule has 0 aliphatic rings. The van der Waals surface area contributed by atoms with E-state index in [9.17, 15) is 8.42 Å². The Morgan fingerprint density at radius 2 is 1.94 bits per heavy atom. The molecule has 0 radical (unpaired) electrons. The molecule has 1 heterocycles. The van der Waals surface area contributed by atoms with Crippen molar-refractivity contribution in [3.05, 3.63) is 36.0 Å². The molecule has 0 saturated heterocycles. The number of fused-ring (bicyclic) bond motifs is 1. The summed E-state index contributed by atoms with van der Waals surface area (Å²) in [5.74, 6) is 0.00861. The number of H-pyrrole nitrogens is 1. The minimum absolute atomic E-state index is 0.00861. The van der Waals surface area contributed by atoms with Gasteiger partial charge in [-0.25, -0.2) is 12.7 Å². The molecule has 0 unspecified atom stereocenters. The summed E-state index contributed by atoms with van der Waals surface area (Å²) < 4.78 is 24.6. The van der Waals surface area contributed by atoms with Gasteiger partial charge in [0.2, 0.25) is 10.0 Å². The predicted octanol–water partition coefficient (Wildman–Crippen LogP) is 1.56. The highest BCUT2D eigenvalue weighted by molar-refractivity contribution is 7.88. The molecule has 0 saturated carbocycles. The van der Waals surface area contributed by atoms with E-state index >= 15 is 0 Å². The number of benzene rings is 1. The second kappa shape index (κ2) is 3.92. The van der Waals surface area contributed by atoms with Crippen LogP contribution in [0.15, 0.2) is 30.3 Å². The van der Waals surface area contributed by atoms with Crippen LogP contribution in [0.3, 0.4) is 0 Å². The maximum atomic E-state index is 11.7. The summed E-state index contributed by atoms with van der Waals surface area (Å²) >= 11 is 0. The van der Waals surface area contributed by atoms with Crippen molar-refractivity contribution >= 4 is 20.9 Å². The zero-order chi connectivity index (χ0) is 11.8. The van der Waals surface area contributed by atoms with E-state index in [-0.39, 0.29) is 5.75 Å². The number of sulfonamides is 1. The van der Waals surface area contributed by atoms with Crippen LogP contribution in [0.1, 0.15) is 5.69 Å². The first-order chi connectivity index (χ1) is 7.49. The van der Waals surface area contributed by atoms with Crippen LogP contribution >= 0.6 is 0 Å². The minimum Gasteiger partial charge on any atom is -0.358 e. The molecule has 0 fully saturated rings. The number of hydrogen-bond acceptors (Lipinski definition) is 2. The molecule has 0 atom stereocenters. The first kappa shape index (κ1) is 11.2. The smallest absolute Gasteiger partial charge is 0.219 e. The molecular weight excluding hydrogens is 224 g/mol. The third-order valence-electron chi connectivity index (χ3n) is 2.48. The quantitative estimate of drug-likeness (QED) is 0.882. The van der Waals surface area contributed by atoms with Crippen LogP contribution in [-0.4, -0.2) is 31.8 Å². The van der Waals surface area contributed by atoms with Crippen molar-refractivity contribution in [1.82, 2.24) is 9.29 Å². The van der Waals surface area contributed by atoms with Gasteiger partial charge in [-0.1, -0.05) is 18.2 Å². The molecule has 0 amide bonds. The van der Waals surface area contributed by atoms with Gasteiger partial charge in [-0.2, -0.15) is 0 Å². The summed E-state index contributed by atoms with van der Waals surface area (Å²) in [7, 11) is -0.117. The van der Waals surface area contributed by atoms with Crippen molar-refractivity contribution < 1.29 is 8.42 Å². The second-order valence-corrected chi connectivity index (χ2v) is 6.10. The lowest BCUT2D eigenvalue weighted by Crippen LogP contribution is -2.23. The molecule has 0 aliphatic carbocycles. The number of nitrogens with zero attached hydrogens (tertiary/aromatic N) is 1. The Kier molecular flexibility index (Phi) is 2.73. The summed E-state index contributed by atoms with van der Waals surface area (Å²) in [4.78, 5) is 3.10. The molecule has 1 N–H and O–H groups in total. The Bertz CT molecular complexity index is 566. The van der Waals surface area contributed by atoms with E-state index in [1.165, 1.54) is 18.4 Å². The molecule has 5 heteroatoms. The number of aromatic nitrogens is 1. The van der Waals surface area contributed by atoms with E-state index in [1.807, 2.05) is 30.3 Å². The lowest BCUT2D eigenvalue weighted by molar-refractivity contribution is 0.519. The van der Waals surface area contributed by atoms with E-state index in [4.69, 9.17) is 0 Å². The van der Waals surface area contributed by atoms with E-state index in [2.05, 4.69) is 4.98 Å². The number of nitrogens with one attached hydrogen (secondary N) is 1. The molecule has 2 aromatic rings. The Labute approximate surface area is 94.9 Å². The van der Waals surface area contributed by atoms with Crippen molar-refractivity contribution in [3.63, 3.8) is 0 Å². The van der Waals surface area contributed by atoms with Gasteiger partial charge in [0.05, 0.1) is 0 Å². The van der Waals surface area contributed by atoms with Gasteiger partial charge in [-0.3, -0.25) is 0 Å². The van der Waals surface area contributed by atoms with Crippen molar-refractivity contribution in [2.24, 2.45) is 0 Å². The van der Waals surface area contributed by atoms with Crippen LogP contribution < -0.4 is 0 Å². The van der Waals surface area contributed by atoms with E-state index < -0.39 is 10.0 Å². The zero-order valence-corrected chi connectivity index (χ0v) is 10.1. The van der Waals surface area contributed by atoms with Gasteiger partial charge in [0.1, 0.15) is 5.75 Å². The van der Waals surface area contributed by atoms with Crippen LogP contribution in [-0.2, 0) is 15.8 Å². The topological polar surface area (TPSA) is 53.2 Å².